The Bertz CT molecular complexity index is 699. The van der Waals surface area contributed by atoms with Crippen molar-refractivity contribution in [1.29, 1.82) is 0 Å². The van der Waals surface area contributed by atoms with E-state index in [4.69, 9.17) is 4.42 Å². The lowest BCUT2D eigenvalue weighted by Gasteiger charge is -2.03. The molecule has 2 aromatic heterocycles. The Balaban J connectivity index is 2.06. The number of hydrogen-bond acceptors (Lipinski definition) is 3. The van der Waals surface area contributed by atoms with Crippen molar-refractivity contribution in [3.05, 3.63) is 56.4 Å². The van der Waals surface area contributed by atoms with Crippen molar-refractivity contribution in [2.45, 2.75) is 13.0 Å². The minimum atomic E-state index is -0.692. The number of aliphatic hydroxyl groups excluding tert-OH is 1. The molecule has 18 heavy (non-hydrogen) atoms. The van der Waals surface area contributed by atoms with Crippen molar-refractivity contribution in [3.63, 3.8) is 0 Å². The van der Waals surface area contributed by atoms with E-state index in [1.807, 2.05) is 43.3 Å². The molecule has 3 rings (SSSR count). The van der Waals surface area contributed by atoms with Crippen LogP contribution >= 0.6 is 27.3 Å². The number of furan rings is 1. The second-order valence-electron chi connectivity index (χ2n) is 4.16. The Morgan fingerprint density at radius 3 is 2.78 bits per heavy atom. The summed E-state index contributed by atoms with van der Waals surface area (Å²) in [6, 6.07) is 11.7. The smallest absolute Gasteiger partial charge is 0.148 e. The highest BCUT2D eigenvalue weighted by Gasteiger charge is 2.17. The molecule has 92 valence electrons. The summed E-state index contributed by atoms with van der Waals surface area (Å²) in [6.45, 7) is 2.02. The van der Waals surface area contributed by atoms with E-state index in [1.54, 1.807) is 11.3 Å². The Kier molecular flexibility index (Phi) is 3.01. The second kappa shape index (κ2) is 4.53. The summed E-state index contributed by atoms with van der Waals surface area (Å²) < 4.78 is 6.64. The van der Waals surface area contributed by atoms with Gasteiger partial charge in [-0.05, 0) is 47.1 Å². The van der Waals surface area contributed by atoms with Gasteiger partial charge in [-0.1, -0.05) is 12.1 Å². The number of para-hydroxylation sites is 1. The first-order chi connectivity index (χ1) is 8.65. The van der Waals surface area contributed by atoms with Gasteiger partial charge in [0.05, 0.1) is 4.47 Å². The number of hydrogen-bond donors (Lipinski definition) is 1. The maximum atomic E-state index is 10.3. The zero-order valence-corrected chi connectivity index (χ0v) is 12.1. The van der Waals surface area contributed by atoms with Gasteiger partial charge < -0.3 is 9.52 Å². The molecule has 1 unspecified atom stereocenters. The van der Waals surface area contributed by atoms with Gasteiger partial charge in [-0.2, -0.15) is 0 Å². The molecule has 1 N–H and O–H groups in total. The van der Waals surface area contributed by atoms with Crippen LogP contribution in [0.2, 0.25) is 0 Å². The van der Waals surface area contributed by atoms with E-state index in [-0.39, 0.29) is 0 Å². The van der Waals surface area contributed by atoms with Crippen LogP contribution in [0.15, 0.2) is 45.3 Å². The van der Waals surface area contributed by atoms with Crippen LogP contribution in [0.3, 0.4) is 0 Å². The minimum Gasteiger partial charge on any atom is -0.457 e. The van der Waals surface area contributed by atoms with Gasteiger partial charge in [0.15, 0.2) is 0 Å². The molecule has 0 radical (unpaired) electrons. The molecule has 0 spiro atoms. The molecule has 3 aromatic rings. The van der Waals surface area contributed by atoms with E-state index < -0.39 is 6.10 Å². The zero-order valence-electron chi connectivity index (χ0n) is 9.68. The largest absolute Gasteiger partial charge is 0.457 e. The van der Waals surface area contributed by atoms with Crippen molar-refractivity contribution in [2.75, 3.05) is 0 Å². The molecule has 1 atom stereocenters. The fourth-order valence-corrected chi connectivity index (χ4v) is 3.26. The van der Waals surface area contributed by atoms with Crippen molar-refractivity contribution in [3.8, 4) is 0 Å². The van der Waals surface area contributed by atoms with Crippen molar-refractivity contribution in [2.24, 2.45) is 0 Å². The van der Waals surface area contributed by atoms with Crippen molar-refractivity contribution < 1.29 is 9.52 Å². The highest BCUT2D eigenvalue weighted by Crippen LogP contribution is 2.34. The molecular weight excluding hydrogens is 312 g/mol. The van der Waals surface area contributed by atoms with Gasteiger partial charge in [0.25, 0.3) is 0 Å². The van der Waals surface area contributed by atoms with Crippen molar-refractivity contribution >= 4 is 38.2 Å². The summed E-state index contributed by atoms with van der Waals surface area (Å²) in [5.41, 5.74) is 0.778. The standard InChI is InChI=1S/C14H11BrO2S/c1-8-5-6-12(18-8)13(16)11-7-9-3-2-4-10(15)14(9)17-11/h2-7,13,16H,1H3. The van der Waals surface area contributed by atoms with Crippen molar-refractivity contribution in [1.82, 2.24) is 0 Å². The number of aliphatic hydroxyl groups is 1. The van der Waals surface area contributed by atoms with Crippen LogP contribution in [0.25, 0.3) is 11.0 Å². The second-order valence-corrected chi connectivity index (χ2v) is 6.33. The summed E-state index contributed by atoms with van der Waals surface area (Å²) in [6.07, 6.45) is -0.692. The molecule has 2 heterocycles. The summed E-state index contributed by atoms with van der Waals surface area (Å²) in [4.78, 5) is 2.09. The summed E-state index contributed by atoms with van der Waals surface area (Å²) in [5, 5.41) is 11.3. The molecule has 0 aliphatic carbocycles. The molecule has 0 saturated carbocycles. The molecule has 1 aromatic carbocycles. The highest BCUT2D eigenvalue weighted by atomic mass is 79.9. The van der Waals surface area contributed by atoms with Crippen LogP contribution in [-0.2, 0) is 0 Å². The quantitative estimate of drug-likeness (QED) is 0.745. The Hall–Kier alpha value is -1.10. The fraction of sp³-hybridized carbons (Fsp3) is 0.143. The number of thiophene rings is 1. The van der Waals surface area contributed by atoms with Gasteiger partial charge in [-0.15, -0.1) is 11.3 Å². The van der Waals surface area contributed by atoms with Crippen LogP contribution in [0.4, 0.5) is 0 Å². The number of rotatable bonds is 2. The first-order valence-electron chi connectivity index (χ1n) is 5.57. The first-order valence-corrected chi connectivity index (χ1v) is 7.18. The number of halogens is 1. The number of fused-ring (bicyclic) bond motifs is 1. The molecule has 0 saturated heterocycles. The van der Waals surface area contributed by atoms with E-state index in [0.717, 1.165) is 20.3 Å². The van der Waals surface area contributed by atoms with E-state index in [0.29, 0.717) is 5.76 Å². The van der Waals surface area contributed by atoms with E-state index in [2.05, 4.69) is 15.9 Å². The summed E-state index contributed by atoms with van der Waals surface area (Å²) in [7, 11) is 0. The third kappa shape index (κ3) is 2.00. The lowest BCUT2D eigenvalue weighted by Crippen LogP contribution is -1.93. The highest BCUT2D eigenvalue weighted by molar-refractivity contribution is 9.10. The van der Waals surface area contributed by atoms with Gasteiger partial charge in [-0.3, -0.25) is 0 Å². The number of benzene rings is 1. The van der Waals surface area contributed by atoms with Crippen LogP contribution in [0, 0.1) is 6.92 Å². The van der Waals surface area contributed by atoms with Gasteiger partial charge >= 0.3 is 0 Å². The lowest BCUT2D eigenvalue weighted by molar-refractivity contribution is 0.196. The average molecular weight is 323 g/mol. The van der Waals surface area contributed by atoms with E-state index >= 15 is 0 Å². The van der Waals surface area contributed by atoms with Crippen LogP contribution in [0.5, 0.6) is 0 Å². The molecule has 0 aliphatic heterocycles. The fourth-order valence-electron chi connectivity index (χ4n) is 1.92. The van der Waals surface area contributed by atoms with Gasteiger partial charge in [0, 0.05) is 15.1 Å². The predicted octanol–water partition coefficient (Wildman–Crippen LogP) is 4.65. The molecular formula is C14H11BrO2S. The third-order valence-corrected chi connectivity index (χ3v) is 4.49. The van der Waals surface area contributed by atoms with Crippen LogP contribution < -0.4 is 0 Å². The molecule has 0 amide bonds. The average Bonchev–Trinajstić information content (AvgIpc) is 2.95. The topological polar surface area (TPSA) is 33.4 Å². The first kappa shape index (κ1) is 12.0. The predicted molar refractivity (Wildman–Crippen MR) is 77.0 cm³/mol. The van der Waals surface area contributed by atoms with Gasteiger partial charge in [0.1, 0.15) is 17.4 Å². The van der Waals surface area contributed by atoms with Crippen LogP contribution in [0.1, 0.15) is 21.6 Å². The lowest BCUT2D eigenvalue weighted by atomic mass is 10.2. The SMILES string of the molecule is Cc1ccc(C(O)c2cc3cccc(Br)c3o2)s1. The monoisotopic (exact) mass is 322 g/mol. The Labute approximate surface area is 117 Å². The third-order valence-electron chi connectivity index (χ3n) is 2.82. The molecule has 2 nitrogen and oxygen atoms in total. The normalized spacial score (nSPS) is 13.1. The van der Waals surface area contributed by atoms with Gasteiger partial charge in [0.2, 0.25) is 0 Å². The Morgan fingerprint density at radius 1 is 1.28 bits per heavy atom. The molecule has 0 fully saturated rings. The summed E-state index contributed by atoms with van der Waals surface area (Å²) >= 11 is 5.03. The number of aryl methyl sites for hydroxylation is 1. The van der Waals surface area contributed by atoms with Gasteiger partial charge in [-0.25, -0.2) is 0 Å². The summed E-state index contributed by atoms with van der Waals surface area (Å²) in [5.74, 6) is 0.582. The van der Waals surface area contributed by atoms with Crippen LogP contribution in [-0.4, -0.2) is 5.11 Å². The maximum absolute atomic E-state index is 10.3. The van der Waals surface area contributed by atoms with E-state index in [9.17, 15) is 5.11 Å². The molecule has 0 aliphatic rings. The minimum absolute atomic E-state index is 0.582. The molecule has 4 heteroatoms. The molecule has 0 bridgehead atoms. The Morgan fingerprint density at radius 2 is 2.11 bits per heavy atom. The van der Waals surface area contributed by atoms with E-state index in [1.165, 1.54) is 4.88 Å². The zero-order chi connectivity index (χ0) is 12.7. The maximum Gasteiger partial charge on any atom is 0.148 e.